The highest BCUT2D eigenvalue weighted by Crippen LogP contribution is 2.46. The highest BCUT2D eigenvalue weighted by Gasteiger charge is 2.52. The quantitative estimate of drug-likeness (QED) is 0.546. The van der Waals surface area contributed by atoms with Crippen LogP contribution >= 0.6 is 11.3 Å². The Kier molecular flexibility index (Phi) is 5.86. The number of aromatic nitrogens is 1. The van der Waals surface area contributed by atoms with Crippen LogP contribution in [0.2, 0.25) is 0 Å². The van der Waals surface area contributed by atoms with E-state index in [0.717, 1.165) is 23.3 Å². The Morgan fingerprint density at radius 2 is 1.90 bits per heavy atom. The summed E-state index contributed by atoms with van der Waals surface area (Å²) in [7, 11) is 1.27. The van der Waals surface area contributed by atoms with Crippen molar-refractivity contribution in [1.82, 2.24) is 9.88 Å². The lowest BCUT2D eigenvalue weighted by Gasteiger charge is -2.20. The minimum Gasteiger partial charge on any atom is -0.464 e. The smallest absolute Gasteiger partial charge is 0.357 e. The maximum atomic E-state index is 12.8. The van der Waals surface area contributed by atoms with E-state index in [4.69, 9.17) is 4.74 Å². The molecular weight excluding hydrogens is 418 g/mol. The molecule has 2 heterocycles. The summed E-state index contributed by atoms with van der Waals surface area (Å²) in [6.45, 7) is -0.347. The highest BCUT2D eigenvalue weighted by molar-refractivity contribution is 7.16. The molecule has 162 valence electrons. The topological polar surface area (TPSA) is 106 Å². The Balaban J connectivity index is 1.47. The van der Waals surface area contributed by atoms with Gasteiger partial charge < -0.3 is 10.1 Å². The molecular formula is C22H23N3O5S. The van der Waals surface area contributed by atoms with Gasteiger partial charge in [-0.2, -0.15) is 0 Å². The van der Waals surface area contributed by atoms with Crippen molar-refractivity contribution >= 4 is 40.2 Å². The standard InChI is InChI=1S/C22H23N3O5S/c1-30-19(28)18-15(11-14-7-3-2-4-8-14)31-21(24-18)23-16(26)13-25-17(27)12-22(20(25)29)9-5-6-10-22/h2-4,7-8H,5-6,9-13H2,1H3,(H,23,24,26). The Labute approximate surface area is 183 Å². The maximum absolute atomic E-state index is 12.8. The molecule has 1 aliphatic carbocycles. The lowest BCUT2D eigenvalue weighted by molar-refractivity contribution is -0.143. The van der Waals surface area contributed by atoms with E-state index < -0.39 is 17.3 Å². The molecule has 1 aromatic carbocycles. The molecule has 0 atom stereocenters. The molecule has 31 heavy (non-hydrogen) atoms. The highest BCUT2D eigenvalue weighted by atomic mass is 32.1. The fourth-order valence-corrected chi connectivity index (χ4v) is 5.33. The molecule has 8 nitrogen and oxygen atoms in total. The Morgan fingerprint density at radius 3 is 2.58 bits per heavy atom. The number of hydrogen-bond acceptors (Lipinski definition) is 7. The van der Waals surface area contributed by atoms with E-state index in [-0.39, 0.29) is 35.6 Å². The molecule has 1 saturated carbocycles. The minimum atomic E-state index is -0.612. The Hall–Kier alpha value is -3.07. The first kappa shape index (κ1) is 21.2. The van der Waals surface area contributed by atoms with E-state index in [1.54, 1.807) is 0 Å². The Bertz CT molecular complexity index is 1030. The van der Waals surface area contributed by atoms with Gasteiger partial charge in [-0.05, 0) is 18.4 Å². The number of hydrogen-bond donors (Lipinski definition) is 1. The number of amides is 3. The molecule has 2 aliphatic rings. The molecule has 9 heteroatoms. The first-order valence-corrected chi connectivity index (χ1v) is 11.0. The van der Waals surface area contributed by atoms with Crippen molar-refractivity contribution in [3.63, 3.8) is 0 Å². The van der Waals surface area contributed by atoms with Crippen molar-refractivity contribution in [2.24, 2.45) is 5.41 Å². The number of benzene rings is 1. The lowest BCUT2D eigenvalue weighted by atomic mass is 9.84. The number of ether oxygens (including phenoxy) is 1. The molecule has 0 radical (unpaired) electrons. The fourth-order valence-electron chi connectivity index (χ4n) is 4.33. The normalized spacial score (nSPS) is 17.4. The second-order valence-electron chi connectivity index (χ2n) is 7.94. The van der Waals surface area contributed by atoms with Crippen molar-refractivity contribution < 1.29 is 23.9 Å². The zero-order chi connectivity index (χ0) is 22.0. The predicted molar refractivity (Wildman–Crippen MR) is 114 cm³/mol. The van der Waals surface area contributed by atoms with E-state index in [0.29, 0.717) is 24.1 Å². The van der Waals surface area contributed by atoms with Crippen LogP contribution in [0, 0.1) is 5.41 Å². The van der Waals surface area contributed by atoms with Crippen LogP contribution in [0.4, 0.5) is 5.13 Å². The number of imide groups is 1. The summed E-state index contributed by atoms with van der Waals surface area (Å²) in [4.78, 5) is 55.8. The molecule has 4 rings (SSSR count). The molecule has 1 aromatic heterocycles. The largest absolute Gasteiger partial charge is 0.464 e. The average molecular weight is 442 g/mol. The number of methoxy groups -OCH3 is 1. The van der Waals surface area contributed by atoms with Crippen molar-refractivity contribution in [3.05, 3.63) is 46.5 Å². The Morgan fingerprint density at radius 1 is 1.19 bits per heavy atom. The summed E-state index contributed by atoms with van der Waals surface area (Å²) in [6.07, 6.45) is 3.91. The number of esters is 1. The van der Waals surface area contributed by atoms with Gasteiger partial charge >= 0.3 is 5.97 Å². The second kappa shape index (κ2) is 8.58. The molecule has 1 N–H and O–H groups in total. The van der Waals surface area contributed by atoms with Gasteiger partial charge in [0.1, 0.15) is 6.54 Å². The van der Waals surface area contributed by atoms with Gasteiger partial charge in [0, 0.05) is 17.7 Å². The maximum Gasteiger partial charge on any atom is 0.357 e. The molecule has 0 unspecified atom stereocenters. The number of nitrogens with zero attached hydrogens (tertiary/aromatic N) is 2. The molecule has 2 fully saturated rings. The second-order valence-corrected chi connectivity index (χ2v) is 9.03. The van der Waals surface area contributed by atoms with Gasteiger partial charge in [0.2, 0.25) is 17.7 Å². The lowest BCUT2D eigenvalue weighted by Crippen LogP contribution is -2.39. The number of likely N-dealkylation sites (tertiary alicyclic amines) is 1. The molecule has 1 saturated heterocycles. The molecule has 2 aromatic rings. The third kappa shape index (κ3) is 4.23. The van der Waals surface area contributed by atoms with Crippen LogP contribution in [0.3, 0.4) is 0 Å². The number of carbonyl (C=O) groups is 4. The number of carbonyl (C=O) groups excluding carboxylic acids is 4. The third-order valence-electron chi connectivity index (χ3n) is 5.88. The predicted octanol–water partition coefficient (Wildman–Crippen LogP) is 2.78. The van der Waals surface area contributed by atoms with Crippen molar-refractivity contribution in [3.8, 4) is 0 Å². The van der Waals surface area contributed by atoms with Crippen LogP contribution in [0.25, 0.3) is 0 Å². The summed E-state index contributed by atoms with van der Waals surface area (Å²) >= 11 is 1.17. The molecule has 0 bridgehead atoms. The molecule has 1 aliphatic heterocycles. The van der Waals surface area contributed by atoms with Gasteiger partial charge in [-0.3, -0.25) is 19.3 Å². The number of nitrogens with one attached hydrogen (secondary N) is 1. The minimum absolute atomic E-state index is 0.143. The summed E-state index contributed by atoms with van der Waals surface area (Å²) in [5.74, 6) is -1.66. The van der Waals surface area contributed by atoms with Gasteiger partial charge in [0.15, 0.2) is 10.8 Å². The van der Waals surface area contributed by atoms with Crippen LogP contribution in [0.1, 0.15) is 53.0 Å². The van der Waals surface area contributed by atoms with E-state index in [1.165, 1.54) is 18.4 Å². The van der Waals surface area contributed by atoms with E-state index in [1.807, 2.05) is 30.3 Å². The fraction of sp³-hybridized carbons (Fsp3) is 0.409. The van der Waals surface area contributed by atoms with Crippen molar-refractivity contribution in [1.29, 1.82) is 0 Å². The van der Waals surface area contributed by atoms with Crippen molar-refractivity contribution in [2.45, 2.75) is 38.5 Å². The van der Waals surface area contributed by atoms with E-state index in [9.17, 15) is 19.2 Å². The van der Waals surface area contributed by atoms with Gasteiger partial charge in [0.25, 0.3) is 0 Å². The number of thiazole rings is 1. The van der Waals surface area contributed by atoms with Crippen LogP contribution in [0.15, 0.2) is 30.3 Å². The molecule has 3 amide bonds. The average Bonchev–Trinajstić information content (AvgIpc) is 3.44. The van der Waals surface area contributed by atoms with Crippen LogP contribution in [-0.4, -0.2) is 47.2 Å². The first-order chi connectivity index (χ1) is 14.9. The first-order valence-electron chi connectivity index (χ1n) is 10.2. The zero-order valence-corrected chi connectivity index (χ0v) is 18.0. The monoisotopic (exact) mass is 441 g/mol. The van der Waals surface area contributed by atoms with Gasteiger partial charge in [-0.25, -0.2) is 9.78 Å². The van der Waals surface area contributed by atoms with Gasteiger partial charge in [0.05, 0.1) is 12.5 Å². The SMILES string of the molecule is COC(=O)c1nc(NC(=O)CN2C(=O)CC3(CCCC3)C2=O)sc1Cc1ccccc1. The van der Waals surface area contributed by atoms with E-state index >= 15 is 0 Å². The summed E-state index contributed by atoms with van der Waals surface area (Å²) in [5.41, 5.74) is 0.522. The zero-order valence-electron chi connectivity index (χ0n) is 17.2. The summed E-state index contributed by atoms with van der Waals surface area (Å²) in [5, 5.41) is 2.86. The van der Waals surface area contributed by atoms with Crippen molar-refractivity contribution in [2.75, 3.05) is 19.0 Å². The number of rotatable bonds is 6. The van der Waals surface area contributed by atoms with Gasteiger partial charge in [-0.1, -0.05) is 43.2 Å². The summed E-state index contributed by atoms with van der Waals surface area (Å²) < 4.78 is 4.82. The van der Waals surface area contributed by atoms with Crippen LogP contribution in [-0.2, 0) is 25.5 Å². The van der Waals surface area contributed by atoms with Crippen LogP contribution < -0.4 is 5.32 Å². The molecule has 1 spiro atoms. The van der Waals surface area contributed by atoms with Gasteiger partial charge in [-0.15, -0.1) is 11.3 Å². The van der Waals surface area contributed by atoms with Crippen LogP contribution in [0.5, 0.6) is 0 Å². The van der Waals surface area contributed by atoms with E-state index in [2.05, 4.69) is 10.3 Å². The summed E-state index contributed by atoms with van der Waals surface area (Å²) in [6, 6.07) is 9.57. The number of anilines is 1. The third-order valence-corrected chi connectivity index (χ3v) is 6.85.